The topological polar surface area (TPSA) is 3.24 Å². The summed E-state index contributed by atoms with van der Waals surface area (Å²) in [6, 6.07) is 38.1. The zero-order valence-electron chi connectivity index (χ0n) is 17.3. The van der Waals surface area contributed by atoms with Crippen molar-refractivity contribution in [2.45, 2.75) is 0 Å². The van der Waals surface area contributed by atoms with Crippen molar-refractivity contribution in [3.05, 3.63) is 103 Å². The van der Waals surface area contributed by atoms with Crippen LogP contribution in [0.1, 0.15) is 0 Å². The minimum absolute atomic E-state index is 0.200. The van der Waals surface area contributed by atoms with Gasteiger partial charge in [0.05, 0.1) is 0 Å². The summed E-state index contributed by atoms with van der Waals surface area (Å²) in [6.07, 6.45) is 0. The average Bonchev–Trinajstić information content (AvgIpc) is 2.93. The maximum absolute atomic E-state index is 2.39. The monoisotopic (exact) mass is 393 g/mol. The van der Waals surface area contributed by atoms with Crippen molar-refractivity contribution in [3.63, 3.8) is 0 Å². The predicted octanol–water partition coefficient (Wildman–Crippen LogP) is 5.18. The van der Waals surface area contributed by atoms with Crippen LogP contribution in [0.2, 0.25) is 0 Å². The van der Waals surface area contributed by atoms with E-state index in [4.69, 9.17) is 0 Å². The molecule has 7 rings (SSSR count). The Labute approximate surface area is 182 Å². The Balaban J connectivity index is 1.73. The second-order valence-corrected chi connectivity index (χ2v) is 8.63. The van der Waals surface area contributed by atoms with Gasteiger partial charge in [-0.05, 0) is 44.5 Å². The van der Waals surface area contributed by atoms with Gasteiger partial charge in [0.1, 0.15) is 0 Å². The Kier molecular flexibility index (Phi) is 3.35. The molecular weight excluding hydrogens is 373 g/mol. The van der Waals surface area contributed by atoms with Crippen LogP contribution in [0, 0.1) is 0 Å². The van der Waals surface area contributed by atoms with Gasteiger partial charge in [0, 0.05) is 23.8 Å². The third-order valence-electron chi connectivity index (χ3n) is 7.05. The number of fused-ring (bicyclic) bond motifs is 1. The summed E-state index contributed by atoms with van der Waals surface area (Å²) in [6.45, 7) is 0.200. The fourth-order valence-electron chi connectivity index (χ4n) is 5.70. The number of rotatable bonds is 1. The number of nitrogens with zero attached hydrogens (tertiary/aromatic N) is 1. The van der Waals surface area contributed by atoms with Gasteiger partial charge in [-0.25, -0.2) is 0 Å². The van der Waals surface area contributed by atoms with E-state index in [9.17, 15) is 0 Å². The van der Waals surface area contributed by atoms with Gasteiger partial charge in [0.2, 0.25) is 6.71 Å². The van der Waals surface area contributed by atoms with Crippen LogP contribution in [0.4, 0.5) is 11.4 Å². The van der Waals surface area contributed by atoms with E-state index >= 15 is 0 Å². The highest BCUT2D eigenvalue weighted by molar-refractivity contribution is 6.98. The minimum Gasteiger partial charge on any atom is -0.345 e. The molecule has 2 heteroatoms. The molecule has 0 aromatic heterocycles. The highest BCUT2D eigenvalue weighted by Crippen LogP contribution is 2.41. The van der Waals surface area contributed by atoms with Gasteiger partial charge in [0.15, 0.2) is 0 Å². The molecule has 1 heterocycles. The summed E-state index contributed by atoms with van der Waals surface area (Å²) in [5, 5.41) is 8.10. The number of anilines is 2. The largest absolute Gasteiger partial charge is 0.345 e. The molecule has 1 nitrogen and oxygen atoms in total. The molecule has 6 aromatic rings. The summed E-state index contributed by atoms with van der Waals surface area (Å²) in [5.74, 6) is 0. The number of hydrogen-bond donors (Lipinski definition) is 0. The molecule has 0 N–H and O–H groups in total. The van der Waals surface area contributed by atoms with E-state index in [-0.39, 0.29) is 6.71 Å². The molecule has 0 saturated heterocycles. The first-order chi connectivity index (χ1) is 15.3. The van der Waals surface area contributed by atoms with Gasteiger partial charge in [0.25, 0.3) is 0 Å². The molecule has 0 atom stereocenters. The zero-order chi connectivity index (χ0) is 20.5. The van der Waals surface area contributed by atoms with Crippen molar-refractivity contribution in [2.24, 2.45) is 0 Å². The maximum atomic E-state index is 2.39. The summed E-state index contributed by atoms with van der Waals surface area (Å²) < 4.78 is 0. The molecule has 0 fully saturated rings. The second kappa shape index (κ2) is 6.12. The molecule has 0 saturated carbocycles. The number of benzene rings is 6. The number of para-hydroxylation sites is 1. The van der Waals surface area contributed by atoms with Crippen LogP contribution in [-0.2, 0) is 0 Å². The quantitative estimate of drug-likeness (QED) is 0.275. The summed E-state index contributed by atoms with van der Waals surface area (Å²) >= 11 is 0. The molecule has 1 aliphatic rings. The molecule has 0 radical (unpaired) electrons. The van der Waals surface area contributed by atoms with Crippen molar-refractivity contribution in [3.8, 4) is 0 Å². The van der Waals surface area contributed by atoms with E-state index in [1.54, 1.807) is 0 Å². The molecule has 0 spiro atoms. The smallest absolute Gasteiger partial charge is 0.244 e. The van der Waals surface area contributed by atoms with Crippen LogP contribution in [0.25, 0.3) is 32.3 Å². The second-order valence-electron chi connectivity index (χ2n) is 8.63. The fourth-order valence-corrected chi connectivity index (χ4v) is 5.70. The Morgan fingerprint density at radius 1 is 0.516 bits per heavy atom. The third-order valence-corrected chi connectivity index (χ3v) is 7.05. The Hall–Kier alpha value is -3.78. The van der Waals surface area contributed by atoms with Crippen LogP contribution in [0.5, 0.6) is 0 Å². The Morgan fingerprint density at radius 3 is 2.10 bits per heavy atom. The van der Waals surface area contributed by atoms with Gasteiger partial charge in [-0.2, -0.15) is 0 Å². The van der Waals surface area contributed by atoms with E-state index in [0.717, 1.165) is 0 Å². The highest BCUT2D eigenvalue weighted by Gasteiger charge is 2.32. The summed E-state index contributed by atoms with van der Waals surface area (Å²) in [5.41, 5.74) is 6.66. The molecule has 0 aliphatic carbocycles. The van der Waals surface area contributed by atoms with Crippen molar-refractivity contribution in [1.29, 1.82) is 0 Å². The van der Waals surface area contributed by atoms with E-state index < -0.39 is 0 Å². The van der Waals surface area contributed by atoms with Crippen molar-refractivity contribution >= 4 is 66.8 Å². The van der Waals surface area contributed by atoms with Crippen LogP contribution in [0.3, 0.4) is 0 Å². The predicted molar refractivity (Wildman–Crippen MR) is 136 cm³/mol. The fraction of sp³-hybridized carbons (Fsp3) is 0.0345. The van der Waals surface area contributed by atoms with E-state index in [1.165, 1.54) is 60.1 Å². The van der Waals surface area contributed by atoms with Crippen LogP contribution >= 0.6 is 0 Å². The molecule has 0 unspecified atom stereocenters. The normalized spacial score (nSPS) is 13.2. The first-order valence-corrected chi connectivity index (χ1v) is 10.9. The third kappa shape index (κ3) is 2.22. The van der Waals surface area contributed by atoms with Gasteiger partial charge in [-0.15, -0.1) is 0 Å². The lowest BCUT2D eigenvalue weighted by Crippen LogP contribution is -2.52. The molecular formula is C29H20BN. The molecule has 31 heavy (non-hydrogen) atoms. The van der Waals surface area contributed by atoms with Crippen molar-refractivity contribution in [2.75, 3.05) is 11.9 Å². The minimum atomic E-state index is 0.200. The van der Waals surface area contributed by atoms with E-state index in [0.29, 0.717) is 0 Å². The van der Waals surface area contributed by atoms with Crippen molar-refractivity contribution in [1.82, 2.24) is 0 Å². The molecule has 6 aromatic carbocycles. The zero-order valence-corrected chi connectivity index (χ0v) is 17.3. The van der Waals surface area contributed by atoms with Gasteiger partial charge in [-0.3, -0.25) is 0 Å². The standard InChI is InChI=1S/C29H20BN/c1-31-25-13-6-5-12-23(25)30(22-10-3-2-4-11-22)24-17-16-20-15-14-19-8-7-9-21-18-26(31)29(24)28(20)27(19)21/h2-18H,1H3. The molecule has 0 amide bonds. The van der Waals surface area contributed by atoms with Crippen LogP contribution in [-0.4, -0.2) is 13.8 Å². The molecule has 0 bridgehead atoms. The molecule has 144 valence electrons. The van der Waals surface area contributed by atoms with Crippen molar-refractivity contribution < 1.29 is 0 Å². The first-order valence-electron chi connectivity index (χ1n) is 10.9. The lowest BCUT2D eigenvalue weighted by molar-refractivity contribution is 1.24. The Morgan fingerprint density at radius 2 is 1.23 bits per heavy atom. The summed E-state index contributed by atoms with van der Waals surface area (Å²) in [4.78, 5) is 2.39. The highest BCUT2D eigenvalue weighted by atomic mass is 15.1. The summed E-state index contributed by atoms with van der Waals surface area (Å²) in [7, 11) is 2.22. The SMILES string of the molecule is CN1c2ccccc2B(c2ccccc2)c2ccc3ccc4cccc5cc1c2c3c45. The molecule has 1 aliphatic heterocycles. The number of hydrogen-bond acceptors (Lipinski definition) is 1. The maximum Gasteiger partial charge on any atom is 0.244 e. The van der Waals surface area contributed by atoms with E-state index in [1.807, 2.05) is 0 Å². The first kappa shape index (κ1) is 17.0. The van der Waals surface area contributed by atoms with Gasteiger partial charge in [-0.1, -0.05) is 102 Å². The van der Waals surface area contributed by atoms with Gasteiger partial charge >= 0.3 is 0 Å². The van der Waals surface area contributed by atoms with E-state index in [2.05, 4.69) is 115 Å². The Bertz CT molecular complexity index is 1600. The van der Waals surface area contributed by atoms with Crippen LogP contribution in [0.15, 0.2) is 103 Å². The lowest BCUT2D eigenvalue weighted by atomic mass is 9.36. The lowest BCUT2D eigenvalue weighted by Gasteiger charge is -2.24. The van der Waals surface area contributed by atoms with Gasteiger partial charge < -0.3 is 4.90 Å². The van der Waals surface area contributed by atoms with Crippen LogP contribution < -0.4 is 21.3 Å². The average molecular weight is 393 g/mol.